The van der Waals surface area contributed by atoms with Gasteiger partial charge in [0.25, 0.3) is 5.89 Å². The van der Waals surface area contributed by atoms with Crippen molar-refractivity contribution in [3.8, 4) is 0 Å². The Labute approximate surface area is 204 Å². The molecule has 1 fully saturated rings. The lowest BCUT2D eigenvalue weighted by Crippen LogP contribution is -2.51. The van der Waals surface area contributed by atoms with Crippen LogP contribution >= 0.6 is 0 Å². The summed E-state index contributed by atoms with van der Waals surface area (Å²) in [7, 11) is 1.40. The van der Waals surface area contributed by atoms with E-state index in [1.807, 2.05) is 30.9 Å². The van der Waals surface area contributed by atoms with Crippen molar-refractivity contribution in [2.45, 2.75) is 70.6 Å². The first-order chi connectivity index (χ1) is 16.4. The smallest absolute Gasteiger partial charge is 0.384 e. The molecule has 2 aliphatic rings. The number of hydrogen-bond acceptors (Lipinski definition) is 7. The molecular weight excluding hydrogens is 450 g/mol. The van der Waals surface area contributed by atoms with Gasteiger partial charge in [0.05, 0.1) is 12.1 Å². The van der Waals surface area contributed by atoms with E-state index in [0.29, 0.717) is 25.9 Å². The fourth-order valence-electron chi connectivity index (χ4n) is 5.05. The molecule has 1 aromatic heterocycles. The first-order valence-corrected chi connectivity index (χ1v) is 11.9. The number of aromatic nitrogens is 2. The minimum Gasteiger partial charge on any atom is -0.384 e. The zero-order valence-corrected chi connectivity index (χ0v) is 21.0. The molecular formula is C25H33N5O5. The van der Waals surface area contributed by atoms with Gasteiger partial charge in [-0.25, -0.2) is 4.79 Å². The van der Waals surface area contributed by atoms with Crippen LogP contribution in [-0.2, 0) is 28.7 Å². The number of benzene rings is 1. The van der Waals surface area contributed by atoms with Crippen molar-refractivity contribution in [2.75, 3.05) is 13.1 Å². The molecule has 35 heavy (non-hydrogen) atoms. The molecule has 10 nitrogen and oxygen atoms in total. The molecule has 2 amide bonds. The standard InChI is InChI=1S/C25H33N5O5/c1-24(2,13-19(31)30-15-16-9-6-7-10-17(16)25(30,3)4)26-14-20(32)29-12-8-11-18(29)21(33)22-27-28(5)23(34)35-22/h6-7,9-10,18,26H,8,11-15H2,1-5H3/t18-/m0/s1. The molecule has 10 heteroatoms. The van der Waals surface area contributed by atoms with Crippen LogP contribution in [0.3, 0.4) is 0 Å². The highest BCUT2D eigenvalue weighted by Gasteiger charge is 2.41. The van der Waals surface area contributed by atoms with Crippen LogP contribution < -0.4 is 11.1 Å². The molecule has 4 rings (SSSR count). The molecule has 188 valence electrons. The summed E-state index contributed by atoms with van der Waals surface area (Å²) in [6.45, 7) is 8.88. The number of likely N-dealkylation sites (tertiary alicyclic amines) is 1. The van der Waals surface area contributed by atoms with Gasteiger partial charge < -0.3 is 19.5 Å². The maximum Gasteiger partial charge on any atom is 0.437 e. The molecule has 0 unspecified atom stereocenters. The number of carbonyl (C=O) groups excluding carboxylic acids is 3. The minimum absolute atomic E-state index is 0.00977. The minimum atomic E-state index is -0.721. The molecule has 0 radical (unpaired) electrons. The predicted octanol–water partition coefficient (Wildman–Crippen LogP) is 1.58. The van der Waals surface area contributed by atoms with Crippen LogP contribution in [0.1, 0.15) is 68.8 Å². The number of Topliss-reactive ketones (excluding diaryl/α,β-unsaturated/α-hetero) is 1. The highest BCUT2D eigenvalue weighted by molar-refractivity contribution is 5.98. The Bertz CT molecular complexity index is 1210. The quantitative estimate of drug-likeness (QED) is 0.594. The van der Waals surface area contributed by atoms with Gasteiger partial charge in [0.15, 0.2) is 0 Å². The highest BCUT2D eigenvalue weighted by Crippen LogP contribution is 2.39. The van der Waals surface area contributed by atoms with E-state index in [1.165, 1.54) is 11.9 Å². The molecule has 1 atom stereocenters. The Morgan fingerprint density at radius 2 is 1.91 bits per heavy atom. The van der Waals surface area contributed by atoms with Crippen molar-refractivity contribution in [3.63, 3.8) is 0 Å². The number of nitrogens with one attached hydrogen (secondary N) is 1. The van der Waals surface area contributed by atoms with E-state index in [4.69, 9.17) is 4.42 Å². The number of hydrogen-bond donors (Lipinski definition) is 1. The molecule has 1 N–H and O–H groups in total. The van der Waals surface area contributed by atoms with Crippen molar-refractivity contribution in [2.24, 2.45) is 7.05 Å². The van der Waals surface area contributed by atoms with E-state index < -0.39 is 28.7 Å². The number of carbonyl (C=O) groups is 3. The van der Waals surface area contributed by atoms with E-state index in [-0.39, 0.29) is 30.7 Å². The fraction of sp³-hybridized carbons (Fsp3) is 0.560. The monoisotopic (exact) mass is 483 g/mol. The van der Waals surface area contributed by atoms with Gasteiger partial charge >= 0.3 is 5.76 Å². The zero-order valence-electron chi connectivity index (χ0n) is 21.0. The summed E-state index contributed by atoms with van der Waals surface area (Å²) in [5.74, 6) is -1.71. The number of aryl methyl sites for hydroxylation is 1. The number of nitrogens with zero attached hydrogens (tertiary/aromatic N) is 4. The van der Waals surface area contributed by atoms with E-state index >= 15 is 0 Å². The molecule has 1 aromatic carbocycles. The van der Waals surface area contributed by atoms with E-state index in [9.17, 15) is 19.2 Å². The third kappa shape index (κ3) is 4.80. The van der Waals surface area contributed by atoms with Crippen LogP contribution in [-0.4, -0.2) is 61.8 Å². The van der Waals surface area contributed by atoms with Gasteiger partial charge in [-0.2, -0.15) is 4.68 Å². The van der Waals surface area contributed by atoms with Crippen LogP contribution in [0.5, 0.6) is 0 Å². The lowest BCUT2D eigenvalue weighted by molar-refractivity contribution is -0.138. The molecule has 0 saturated carbocycles. The first kappa shape index (κ1) is 24.8. The molecule has 0 spiro atoms. The molecule has 2 aliphatic heterocycles. The predicted molar refractivity (Wildman–Crippen MR) is 128 cm³/mol. The summed E-state index contributed by atoms with van der Waals surface area (Å²) in [5.41, 5.74) is 1.27. The van der Waals surface area contributed by atoms with E-state index in [1.54, 1.807) is 0 Å². The average molecular weight is 484 g/mol. The maximum atomic E-state index is 13.3. The van der Waals surface area contributed by atoms with Crippen molar-refractivity contribution < 1.29 is 18.8 Å². The molecule has 3 heterocycles. The summed E-state index contributed by atoms with van der Waals surface area (Å²) in [6.07, 6.45) is 1.38. The van der Waals surface area contributed by atoms with Crippen LogP contribution in [0.2, 0.25) is 0 Å². The van der Waals surface area contributed by atoms with Gasteiger partial charge in [-0.3, -0.25) is 14.4 Å². The van der Waals surface area contributed by atoms with Crippen molar-refractivity contribution in [1.82, 2.24) is 24.9 Å². The third-order valence-corrected chi connectivity index (χ3v) is 7.07. The normalized spacial score (nSPS) is 19.2. The number of rotatable bonds is 7. The number of fused-ring (bicyclic) bond motifs is 1. The lowest BCUT2D eigenvalue weighted by Gasteiger charge is -2.36. The largest absolute Gasteiger partial charge is 0.437 e. The molecule has 0 bridgehead atoms. The SMILES string of the molecule is Cn1nc(C(=O)[C@@H]2CCCN2C(=O)CNC(C)(C)CC(=O)N2Cc3ccccc3C2(C)C)oc1=O. The molecule has 1 saturated heterocycles. The Balaban J connectivity index is 1.36. The van der Waals surface area contributed by atoms with Crippen LogP contribution in [0.15, 0.2) is 33.5 Å². The summed E-state index contributed by atoms with van der Waals surface area (Å²) >= 11 is 0. The van der Waals surface area contributed by atoms with E-state index in [0.717, 1.165) is 15.8 Å². The van der Waals surface area contributed by atoms with Gasteiger partial charge in [-0.15, -0.1) is 5.10 Å². The van der Waals surface area contributed by atoms with Crippen molar-refractivity contribution in [3.05, 3.63) is 51.8 Å². The average Bonchev–Trinajstić information content (AvgIpc) is 3.48. The van der Waals surface area contributed by atoms with Crippen LogP contribution in [0.25, 0.3) is 0 Å². The number of amides is 2. The second kappa shape index (κ2) is 9.07. The molecule has 2 aromatic rings. The van der Waals surface area contributed by atoms with Crippen molar-refractivity contribution in [1.29, 1.82) is 0 Å². The summed E-state index contributed by atoms with van der Waals surface area (Å²) in [6, 6.07) is 7.38. The van der Waals surface area contributed by atoms with Gasteiger partial charge in [0.2, 0.25) is 17.6 Å². The van der Waals surface area contributed by atoms with Gasteiger partial charge in [0.1, 0.15) is 6.04 Å². The second-order valence-corrected chi connectivity index (χ2v) is 10.5. The third-order valence-electron chi connectivity index (χ3n) is 7.07. The first-order valence-electron chi connectivity index (χ1n) is 11.9. The van der Waals surface area contributed by atoms with Crippen molar-refractivity contribution >= 4 is 17.6 Å². The van der Waals surface area contributed by atoms with E-state index in [2.05, 4.69) is 36.4 Å². The number of ketones is 1. The second-order valence-electron chi connectivity index (χ2n) is 10.5. The fourth-order valence-corrected chi connectivity index (χ4v) is 5.05. The van der Waals surface area contributed by atoms with Crippen LogP contribution in [0, 0.1) is 0 Å². The Kier molecular flexibility index (Phi) is 6.44. The maximum absolute atomic E-state index is 13.3. The highest BCUT2D eigenvalue weighted by atomic mass is 16.4. The summed E-state index contributed by atoms with van der Waals surface area (Å²) < 4.78 is 5.87. The van der Waals surface area contributed by atoms with Gasteiger partial charge in [-0.1, -0.05) is 24.3 Å². The zero-order chi connectivity index (χ0) is 25.5. The summed E-state index contributed by atoms with van der Waals surface area (Å²) in [5, 5.41) is 7.03. The molecule has 0 aliphatic carbocycles. The summed E-state index contributed by atoms with van der Waals surface area (Å²) in [4.78, 5) is 54.0. The Morgan fingerprint density at radius 1 is 1.20 bits per heavy atom. The van der Waals surface area contributed by atoms with Crippen LogP contribution in [0.4, 0.5) is 0 Å². The topological polar surface area (TPSA) is 118 Å². The van der Waals surface area contributed by atoms with Gasteiger partial charge in [0, 0.05) is 32.1 Å². The lowest BCUT2D eigenvalue weighted by atomic mass is 9.92. The Hall–Kier alpha value is -3.27. The Morgan fingerprint density at radius 3 is 2.57 bits per heavy atom. The van der Waals surface area contributed by atoms with Gasteiger partial charge in [-0.05, 0) is 51.7 Å².